The highest BCUT2D eigenvalue weighted by atomic mass is 35.5. The Balaban J connectivity index is 1.69. The predicted octanol–water partition coefficient (Wildman–Crippen LogP) is 2.86. The lowest BCUT2D eigenvalue weighted by Crippen LogP contribution is -2.43. The predicted molar refractivity (Wildman–Crippen MR) is 98.0 cm³/mol. The molecule has 0 aromatic heterocycles. The van der Waals surface area contributed by atoms with Gasteiger partial charge in [0.2, 0.25) is 5.91 Å². The van der Waals surface area contributed by atoms with E-state index in [2.05, 4.69) is 5.32 Å². The number of rotatable bonds is 8. The summed E-state index contributed by atoms with van der Waals surface area (Å²) in [7, 11) is 1.65. The lowest BCUT2D eigenvalue weighted by Gasteiger charge is -2.30. The van der Waals surface area contributed by atoms with Gasteiger partial charge < -0.3 is 19.7 Å². The molecule has 1 aromatic carbocycles. The average Bonchev–Trinajstić information content (AvgIpc) is 3.47. The normalized spacial score (nSPS) is 20.3. The van der Waals surface area contributed by atoms with Gasteiger partial charge in [-0.1, -0.05) is 11.6 Å². The maximum Gasteiger partial charge on any atom is 0.227 e. The minimum absolute atomic E-state index is 0.0919. The Morgan fingerprint density at radius 2 is 2.16 bits per heavy atom. The van der Waals surface area contributed by atoms with Gasteiger partial charge in [0.1, 0.15) is 12.4 Å². The number of hydrogen-bond donors (Lipinski definition) is 1. The second-order valence-corrected chi connectivity index (χ2v) is 7.24. The van der Waals surface area contributed by atoms with Crippen LogP contribution >= 0.6 is 11.6 Å². The van der Waals surface area contributed by atoms with Crippen LogP contribution in [-0.2, 0) is 16.1 Å². The van der Waals surface area contributed by atoms with Crippen molar-refractivity contribution in [3.63, 3.8) is 0 Å². The smallest absolute Gasteiger partial charge is 0.227 e. The van der Waals surface area contributed by atoms with Crippen LogP contribution in [0.1, 0.15) is 31.2 Å². The molecule has 0 radical (unpaired) electrons. The zero-order valence-corrected chi connectivity index (χ0v) is 15.6. The Hall–Kier alpha value is -1.30. The molecule has 1 atom stereocenters. The van der Waals surface area contributed by atoms with Crippen LogP contribution < -0.4 is 10.1 Å². The number of benzene rings is 1. The molecule has 5 nitrogen and oxygen atoms in total. The van der Waals surface area contributed by atoms with Crippen LogP contribution in [-0.4, -0.2) is 50.3 Å². The molecule has 1 heterocycles. The minimum atomic E-state index is 0.0919. The molecular weight excluding hydrogens is 340 g/mol. The van der Waals surface area contributed by atoms with Gasteiger partial charge in [0, 0.05) is 31.3 Å². The van der Waals surface area contributed by atoms with Crippen molar-refractivity contribution in [2.75, 3.05) is 33.4 Å². The number of ether oxygens (including phenoxy) is 2. The number of nitrogens with zero attached hydrogens (tertiary/aromatic N) is 1. The number of carbonyl (C=O) groups is 1. The number of amides is 1. The third-order valence-corrected chi connectivity index (χ3v) is 5.20. The summed E-state index contributed by atoms with van der Waals surface area (Å²) in [6, 6.07) is 6.01. The van der Waals surface area contributed by atoms with Crippen molar-refractivity contribution in [1.29, 1.82) is 0 Å². The Labute approximate surface area is 154 Å². The van der Waals surface area contributed by atoms with Gasteiger partial charge in [0.05, 0.1) is 12.5 Å². The lowest BCUT2D eigenvalue weighted by molar-refractivity contribution is -0.137. The van der Waals surface area contributed by atoms with Crippen molar-refractivity contribution >= 4 is 17.5 Å². The first-order valence-electron chi connectivity index (χ1n) is 9.10. The van der Waals surface area contributed by atoms with E-state index in [1.165, 1.54) is 0 Å². The van der Waals surface area contributed by atoms with Gasteiger partial charge in [-0.15, -0.1) is 0 Å². The van der Waals surface area contributed by atoms with Gasteiger partial charge in [0.25, 0.3) is 0 Å². The van der Waals surface area contributed by atoms with E-state index in [0.717, 1.165) is 50.1 Å². The number of hydrogen-bond acceptors (Lipinski definition) is 4. The van der Waals surface area contributed by atoms with E-state index in [1.54, 1.807) is 7.11 Å². The van der Waals surface area contributed by atoms with Gasteiger partial charge >= 0.3 is 0 Å². The van der Waals surface area contributed by atoms with Crippen molar-refractivity contribution in [1.82, 2.24) is 10.2 Å². The molecule has 1 amide bonds. The summed E-state index contributed by atoms with van der Waals surface area (Å²) >= 11 is 6.39. The van der Waals surface area contributed by atoms with Gasteiger partial charge in [-0.3, -0.25) is 4.79 Å². The van der Waals surface area contributed by atoms with Crippen LogP contribution in [0.4, 0.5) is 0 Å². The molecule has 1 aliphatic heterocycles. The fourth-order valence-corrected chi connectivity index (χ4v) is 3.44. The highest BCUT2D eigenvalue weighted by Crippen LogP contribution is 2.33. The fraction of sp³-hybridized carbons (Fsp3) is 0.632. The summed E-state index contributed by atoms with van der Waals surface area (Å²) in [6.45, 7) is 3.39. The Kier molecular flexibility index (Phi) is 6.57. The van der Waals surface area contributed by atoms with Crippen molar-refractivity contribution in [2.24, 2.45) is 5.92 Å². The summed E-state index contributed by atoms with van der Waals surface area (Å²) in [5.41, 5.74) is 0.945. The molecule has 25 heavy (non-hydrogen) atoms. The SMILES string of the molecule is COCCOc1ccc(Cl)c(CN(C(=O)[C@@H]2CCCNC2)C2CC2)c1. The van der Waals surface area contributed by atoms with Crippen molar-refractivity contribution < 1.29 is 14.3 Å². The first kappa shape index (κ1) is 18.5. The van der Waals surface area contributed by atoms with Gasteiger partial charge in [0.15, 0.2) is 0 Å². The Morgan fingerprint density at radius 3 is 2.84 bits per heavy atom. The monoisotopic (exact) mass is 366 g/mol. The summed E-state index contributed by atoms with van der Waals surface area (Å²) in [5.74, 6) is 1.12. The van der Waals surface area contributed by atoms with E-state index in [-0.39, 0.29) is 11.8 Å². The molecule has 1 N–H and O–H groups in total. The molecule has 138 valence electrons. The zero-order chi connectivity index (χ0) is 17.6. The quantitative estimate of drug-likeness (QED) is 0.719. The van der Waals surface area contributed by atoms with E-state index in [0.29, 0.717) is 30.8 Å². The number of methoxy groups -OCH3 is 1. The lowest BCUT2D eigenvalue weighted by atomic mass is 9.97. The molecule has 1 saturated carbocycles. The molecule has 3 rings (SSSR count). The molecule has 1 aliphatic carbocycles. The largest absolute Gasteiger partial charge is 0.491 e. The maximum absolute atomic E-state index is 13.0. The number of piperidine rings is 1. The molecule has 6 heteroatoms. The van der Waals surface area contributed by atoms with Crippen LogP contribution in [0.5, 0.6) is 5.75 Å². The molecule has 2 fully saturated rings. The van der Waals surface area contributed by atoms with E-state index in [9.17, 15) is 4.79 Å². The molecule has 0 bridgehead atoms. The van der Waals surface area contributed by atoms with Gasteiger partial charge in [-0.05, 0) is 56.0 Å². The third-order valence-electron chi connectivity index (χ3n) is 4.83. The van der Waals surface area contributed by atoms with Gasteiger partial charge in [-0.25, -0.2) is 0 Å². The van der Waals surface area contributed by atoms with Crippen LogP contribution in [0, 0.1) is 5.92 Å². The highest BCUT2D eigenvalue weighted by molar-refractivity contribution is 6.31. The van der Waals surface area contributed by atoms with Crippen LogP contribution in [0.2, 0.25) is 5.02 Å². The second kappa shape index (κ2) is 8.88. The maximum atomic E-state index is 13.0. The van der Waals surface area contributed by atoms with Crippen molar-refractivity contribution in [3.8, 4) is 5.75 Å². The Morgan fingerprint density at radius 1 is 1.32 bits per heavy atom. The summed E-state index contributed by atoms with van der Waals surface area (Å²) in [4.78, 5) is 15.0. The van der Waals surface area contributed by atoms with Crippen LogP contribution in [0.25, 0.3) is 0 Å². The van der Waals surface area contributed by atoms with Crippen LogP contribution in [0.3, 0.4) is 0 Å². The first-order valence-corrected chi connectivity index (χ1v) is 9.48. The first-order chi connectivity index (χ1) is 12.2. The molecule has 0 unspecified atom stereocenters. The van der Waals surface area contributed by atoms with E-state index in [1.807, 2.05) is 23.1 Å². The summed E-state index contributed by atoms with van der Waals surface area (Å²) in [5, 5.41) is 4.02. The average molecular weight is 367 g/mol. The van der Waals surface area contributed by atoms with E-state index < -0.39 is 0 Å². The topological polar surface area (TPSA) is 50.8 Å². The molecule has 1 saturated heterocycles. The third kappa shape index (κ3) is 5.09. The standard InChI is InChI=1S/C19H27ClN2O3/c1-24-9-10-25-17-6-7-18(20)15(11-17)13-22(16-4-5-16)19(23)14-3-2-8-21-12-14/h6-7,11,14,16,21H,2-5,8-10,12-13H2,1H3/t14-/m1/s1. The molecular formula is C19H27ClN2O3. The summed E-state index contributed by atoms with van der Waals surface area (Å²) < 4.78 is 10.7. The van der Waals surface area contributed by atoms with Crippen molar-refractivity contribution in [2.45, 2.75) is 38.3 Å². The number of carbonyl (C=O) groups excluding carboxylic acids is 1. The number of nitrogens with one attached hydrogen (secondary N) is 1. The van der Waals surface area contributed by atoms with E-state index in [4.69, 9.17) is 21.1 Å². The molecule has 1 aromatic rings. The molecule has 0 spiro atoms. The number of halogens is 1. The summed E-state index contributed by atoms with van der Waals surface area (Å²) in [6.07, 6.45) is 4.22. The Bertz CT molecular complexity index is 586. The zero-order valence-electron chi connectivity index (χ0n) is 14.8. The van der Waals surface area contributed by atoms with E-state index >= 15 is 0 Å². The second-order valence-electron chi connectivity index (χ2n) is 6.84. The van der Waals surface area contributed by atoms with Gasteiger partial charge in [-0.2, -0.15) is 0 Å². The van der Waals surface area contributed by atoms with Crippen molar-refractivity contribution in [3.05, 3.63) is 28.8 Å². The minimum Gasteiger partial charge on any atom is -0.491 e. The highest BCUT2D eigenvalue weighted by Gasteiger charge is 2.36. The molecule has 2 aliphatic rings. The fourth-order valence-electron chi connectivity index (χ4n) is 3.26. The van der Waals surface area contributed by atoms with Crippen LogP contribution in [0.15, 0.2) is 18.2 Å².